The average Bonchev–Trinajstić information content (AvgIpc) is 2.27. The smallest absolute Gasteiger partial charge is 0.216 e. The Morgan fingerprint density at radius 3 is 2.26 bits per heavy atom. The maximum absolute atomic E-state index is 12.0. The number of sulfonamides is 1. The minimum atomic E-state index is -3.35. The number of benzene rings is 1. The molecule has 1 aromatic rings. The van der Waals surface area contributed by atoms with Crippen LogP contribution >= 0.6 is 12.2 Å². The van der Waals surface area contributed by atoms with Crippen LogP contribution in [0.3, 0.4) is 0 Å². The first-order chi connectivity index (χ1) is 8.65. The monoisotopic (exact) mass is 300 g/mol. The highest BCUT2D eigenvalue weighted by Gasteiger charge is 2.23. The summed E-state index contributed by atoms with van der Waals surface area (Å²) in [5.74, 6) is -0.0476. The SMILES string of the molecule is CCC(C)(C)NS(=O)(=O)Cc1ccc(C(N)=S)cc1. The molecule has 0 unspecified atom stereocenters. The van der Waals surface area contributed by atoms with Gasteiger partial charge in [0.25, 0.3) is 0 Å². The van der Waals surface area contributed by atoms with Crippen molar-refractivity contribution in [3.63, 3.8) is 0 Å². The fourth-order valence-electron chi connectivity index (χ4n) is 1.51. The van der Waals surface area contributed by atoms with Gasteiger partial charge in [-0.05, 0) is 25.8 Å². The highest BCUT2D eigenvalue weighted by atomic mass is 32.2. The maximum atomic E-state index is 12.0. The zero-order valence-corrected chi connectivity index (χ0v) is 13.1. The van der Waals surface area contributed by atoms with E-state index in [1.54, 1.807) is 24.3 Å². The van der Waals surface area contributed by atoms with Gasteiger partial charge in [0.2, 0.25) is 10.0 Å². The van der Waals surface area contributed by atoms with Gasteiger partial charge in [-0.15, -0.1) is 0 Å². The van der Waals surface area contributed by atoms with Gasteiger partial charge in [0.05, 0.1) is 5.75 Å². The van der Waals surface area contributed by atoms with Crippen LogP contribution in [0.5, 0.6) is 0 Å². The van der Waals surface area contributed by atoms with Crippen LogP contribution in [-0.2, 0) is 15.8 Å². The van der Waals surface area contributed by atoms with E-state index < -0.39 is 15.6 Å². The number of thiocarbonyl (C=S) groups is 1. The molecule has 0 bridgehead atoms. The Kier molecular flexibility index (Phi) is 5.06. The van der Waals surface area contributed by atoms with Gasteiger partial charge in [-0.25, -0.2) is 13.1 Å². The molecule has 1 rings (SSSR count). The van der Waals surface area contributed by atoms with Crippen molar-refractivity contribution in [2.24, 2.45) is 5.73 Å². The van der Waals surface area contributed by atoms with Crippen LogP contribution in [0.4, 0.5) is 0 Å². The van der Waals surface area contributed by atoms with E-state index in [1.165, 1.54) is 0 Å². The Bertz CT molecular complexity index is 549. The molecule has 0 heterocycles. The second-order valence-electron chi connectivity index (χ2n) is 5.16. The van der Waals surface area contributed by atoms with E-state index in [1.807, 2.05) is 20.8 Å². The first-order valence-corrected chi connectivity index (χ1v) is 8.12. The first-order valence-electron chi connectivity index (χ1n) is 6.05. The van der Waals surface area contributed by atoms with Gasteiger partial charge in [0.15, 0.2) is 0 Å². The topological polar surface area (TPSA) is 72.2 Å². The third-order valence-electron chi connectivity index (χ3n) is 2.91. The molecule has 0 atom stereocenters. The summed E-state index contributed by atoms with van der Waals surface area (Å²) in [6.45, 7) is 5.67. The Morgan fingerprint density at radius 1 is 1.32 bits per heavy atom. The lowest BCUT2D eigenvalue weighted by Crippen LogP contribution is -2.43. The number of nitrogens with one attached hydrogen (secondary N) is 1. The quantitative estimate of drug-likeness (QED) is 0.787. The van der Waals surface area contributed by atoms with Crippen LogP contribution in [-0.4, -0.2) is 18.9 Å². The molecule has 0 aromatic heterocycles. The van der Waals surface area contributed by atoms with Crippen molar-refractivity contribution >= 4 is 27.2 Å². The minimum absolute atomic E-state index is 0.0476. The van der Waals surface area contributed by atoms with Gasteiger partial charge in [0, 0.05) is 11.1 Å². The van der Waals surface area contributed by atoms with Crippen LogP contribution < -0.4 is 10.5 Å². The summed E-state index contributed by atoms with van der Waals surface area (Å²) in [6, 6.07) is 6.93. The molecule has 0 aliphatic rings. The summed E-state index contributed by atoms with van der Waals surface area (Å²) in [5.41, 5.74) is 6.50. The predicted octanol–water partition coefficient (Wildman–Crippen LogP) is 1.93. The van der Waals surface area contributed by atoms with Crippen molar-refractivity contribution in [1.82, 2.24) is 4.72 Å². The molecule has 0 saturated carbocycles. The van der Waals surface area contributed by atoms with Gasteiger partial charge >= 0.3 is 0 Å². The third-order valence-corrected chi connectivity index (χ3v) is 4.72. The zero-order valence-electron chi connectivity index (χ0n) is 11.4. The first kappa shape index (κ1) is 16.1. The number of rotatable bonds is 6. The van der Waals surface area contributed by atoms with E-state index in [4.69, 9.17) is 18.0 Å². The molecular formula is C13H20N2O2S2. The normalized spacial score (nSPS) is 12.4. The number of hydrogen-bond donors (Lipinski definition) is 2. The molecule has 0 spiro atoms. The predicted molar refractivity (Wildman–Crippen MR) is 82.5 cm³/mol. The Balaban J connectivity index is 2.81. The molecular weight excluding hydrogens is 280 g/mol. The van der Waals surface area contributed by atoms with Crippen molar-refractivity contribution < 1.29 is 8.42 Å². The van der Waals surface area contributed by atoms with Crippen molar-refractivity contribution in [1.29, 1.82) is 0 Å². The minimum Gasteiger partial charge on any atom is -0.389 e. The molecule has 1 aromatic carbocycles. The molecule has 0 fully saturated rings. The number of nitrogens with two attached hydrogens (primary N) is 1. The standard InChI is InChI=1S/C13H20N2O2S2/c1-4-13(2,3)15-19(16,17)9-10-5-7-11(8-6-10)12(14)18/h5-8,15H,4,9H2,1-3H3,(H2,14,18). The lowest BCUT2D eigenvalue weighted by atomic mass is 10.0. The molecule has 0 radical (unpaired) electrons. The van der Waals surface area contributed by atoms with Crippen LogP contribution in [0.1, 0.15) is 38.3 Å². The zero-order chi connectivity index (χ0) is 14.7. The van der Waals surface area contributed by atoms with E-state index in [0.29, 0.717) is 10.6 Å². The molecule has 19 heavy (non-hydrogen) atoms. The van der Waals surface area contributed by atoms with Crippen LogP contribution in [0.25, 0.3) is 0 Å². The summed E-state index contributed by atoms with van der Waals surface area (Å²) in [4.78, 5) is 0.305. The summed E-state index contributed by atoms with van der Waals surface area (Å²) < 4.78 is 26.8. The molecule has 0 aliphatic carbocycles. The van der Waals surface area contributed by atoms with E-state index >= 15 is 0 Å². The lowest BCUT2D eigenvalue weighted by molar-refractivity contribution is 0.439. The Hall–Kier alpha value is -0.980. The van der Waals surface area contributed by atoms with Crippen LogP contribution in [0.2, 0.25) is 0 Å². The van der Waals surface area contributed by atoms with Crippen molar-refractivity contribution in [2.45, 2.75) is 38.5 Å². The summed E-state index contributed by atoms with van der Waals surface area (Å²) in [6.07, 6.45) is 0.729. The van der Waals surface area contributed by atoms with E-state index in [-0.39, 0.29) is 5.75 Å². The molecule has 0 aliphatic heterocycles. The highest BCUT2D eigenvalue weighted by molar-refractivity contribution is 7.88. The molecule has 3 N–H and O–H groups in total. The van der Waals surface area contributed by atoms with E-state index in [9.17, 15) is 8.42 Å². The summed E-state index contributed by atoms with van der Waals surface area (Å²) in [5, 5.41) is 0. The van der Waals surface area contributed by atoms with Crippen molar-refractivity contribution in [3.8, 4) is 0 Å². The molecule has 4 nitrogen and oxygen atoms in total. The molecule has 0 amide bonds. The second kappa shape index (κ2) is 5.98. The van der Waals surface area contributed by atoms with Crippen LogP contribution in [0, 0.1) is 0 Å². The van der Waals surface area contributed by atoms with Gasteiger partial charge < -0.3 is 5.73 Å². The van der Waals surface area contributed by atoms with E-state index in [0.717, 1.165) is 12.0 Å². The fourth-order valence-corrected chi connectivity index (χ4v) is 3.34. The van der Waals surface area contributed by atoms with E-state index in [2.05, 4.69) is 4.72 Å². The van der Waals surface area contributed by atoms with Gasteiger partial charge in [-0.1, -0.05) is 43.4 Å². The lowest BCUT2D eigenvalue weighted by Gasteiger charge is -2.24. The third kappa shape index (κ3) is 5.26. The second-order valence-corrected chi connectivity index (χ2v) is 7.32. The van der Waals surface area contributed by atoms with Gasteiger partial charge in [-0.3, -0.25) is 0 Å². The average molecular weight is 300 g/mol. The molecule has 0 saturated heterocycles. The summed E-state index contributed by atoms with van der Waals surface area (Å²) >= 11 is 4.85. The van der Waals surface area contributed by atoms with Gasteiger partial charge in [-0.2, -0.15) is 0 Å². The fraction of sp³-hybridized carbons (Fsp3) is 0.462. The molecule has 6 heteroatoms. The summed E-state index contributed by atoms with van der Waals surface area (Å²) in [7, 11) is -3.35. The van der Waals surface area contributed by atoms with Crippen LogP contribution in [0.15, 0.2) is 24.3 Å². The highest BCUT2D eigenvalue weighted by Crippen LogP contribution is 2.13. The van der Waals surface area contributed by atoms with Crippen molar-refractivity contribution in [3.05, 3.63) is 35.4 Å². The maximum Gasteiger partial charge on any atom is 0.216 e. The number of hydrogen-bond acceptors (Lipinski definition) is 3. The Morgan fingerprint density at radius 2 is 1.84 bits per heavy atom. The molecule has 106 valence electrons. The largest absolute Gasteiger partial charge is 0.389 e. The van der Waals surface area contributed by atoms with Gasteiger partial charge in [0.1, 0.15) is 4.99 Å². The van der Waals surface area contributed by atoms with Crippen molar-refractivity contribution in [2.75, 3.05) is 0 Å². The Labute approximate surface area is 120 Å².